The Labute approximate surface area is 99.9 Å². The molecule has 0 aromatic heterocycles. The summed E-state index contributed by atoms with van der Waals surface area (Å²) in [6.45, 7) is 9.70. The second-order valence-electron chi connectivity index (χ2n) is 5.27. The van der Waals surface area contributed by atoms with Gasteiger partial charge in [0.1, 0.15) is 0 Å². The second-order valence-corrected chi connectivity index (χ2v) is 5.27. The molecule has 0 spiro atoms. The van der Waals surface area contributed by atoms with Crippen LogP contribution >= 0.6 is 0 Å². The summed E-state index contributed by atoms with van der Waals surface area (Å²) >= 11 is 0. The van der Waals surface area contributed by atoms with Gasteiger partial charge in [0.25, 0.3) is 0 Å². The highest BCUT2D eigenvalue weighted by Gasteiger charge is 2.43. The third kappa shape index (κ3) is 3.44. The van der Waals surface area contributed by atoms with Crippen molar-refractivity contribution in [2.45, 2.75) is 70.8 Å². The first-order chi connectivity index (χ1) is 7.54. The van der Waals surface area contributed by atoms with Gasteiger partial charge in [-0.1, -0.05) is 13.8 Å². The number of hydrogen-bond acceptors (Lipinski definition) is 3. The maximum atomic E-state index is 6.07. The fourth-order valence-electron chi connectivity index (χ4n) is 2.04. The van der Waals surface area contributed by atoms with Gasteiger partial charge in [-0.25, -0.2) is 0 Å². The highest BCUT2D eigenvalue weighted by molar-refractivity contribution is 4.98. The van der Waals surface area contributed by atoms with Gasteiger partial charge in [-0.3, -0.25) is 0 Å². The third-order valence-corrected chi connectivity index (χ3v) is 3.50. The van der Waals surface area contributed by atoms with Gasteiger partial charge in [-0.05, 0) is 39.7 Å². The summed E-state index contributed by atoms with van der Waals surface area (Å²) in [4.78, 5) is 0. The summed E-state index contributed by atoms with van der Waals surface area (Å²) in [5.41, 5.74) is -0.0306. The van der Waals surface area contributed by atoms with E-state index in [-0.39, 0.29) is 17.8 Å². The summed E-state index contributed by atoms with van der Waals surface area (Å²) in [6.07, 6.45) is 3.75. The molecule has 0 bridgehead atoms. The zero-order chi connectivity index (χ0) is 12.2. The van der Waals surface area contributed by atoms with Crippen LogP contribution in [-0.2, 0) is 9.47 Å². The Bertz CT molecular complexity index is 206. The van der Waals surface area contributed by atoms with Gasteiger partial charge < -0.3 is 14.8 Å². The van der Waals surface area contributed by atoms with E-state index >= 15 is 0 Å². The Kier molecular flexibility index (Phi) is 5.22. The normalized spacial score (nSPS) is 30.2. The third-order valence-electron chi connectivity index (χ3n) is 3.50. The van der Waals surface area contributed by atoms with Crippen molar-refractivity contribution in [3.8, 4) is 0 Å². The number of methoxy groups -OCH3 is 1. The molecule has 1 rings (SSSR count). The molecule has 0 aromatic rings. The zero-order valence-electron chi connectivity index (χ0n) is 11.4. The largest absolute Gasteiger partial charge is 0.377 e. The van der Waals surface area contributed by atoms with Crippen LogP contribution in [0, 0.1) is 0 Å². The van der Waals surface area contributed by atoms with E-state index in [1.54, 1.807) is 7.11 Å². The lowest BCUT2D eigenvalue weighted by molar-refractivity contribution is -0.184. The Hall–Kier alpha value is -0.120. The SMILES string of the molecule is CCCNC1CC(OC(C)(C)CC)C1OC. The van der Waals surface area contributed by atoms with Crippen LogP contribution in [0.5, 0.6) is 0 Å². The maximum Gasteiger partial charge on any atom is 0.0987 e. The van der Waals surface area contributed by atoms with E-state index in [2.05, 4.69) is 33.0 Å². The summed E-state index contributed by atoms with van der Waals surface area (Å²) in [7, 11) is 1.78. The van der Waals surface area contributed by atoms with Gasteiger partial charge in [-0.15, -0.1) is 0 Å². The number of nitrogens with one attached hydrogen (secondary N) is 1. The molecule has 0 heterocycles. The monoisotopic (exact) mass is 229 g/mol. The highest BCUT2D eigenvalue weighted by Crippen LogP contribution is 2.31. The summed E-state index contributed by atoms with van der Waals surface area (Å²) in [5.74, 6) is 0. The van der Waals surface area contributed by atoms with Crippen molar-refractivity contribution in [1.82, 2.24) is 5.32 Å². The van der Waals surface area contributed by atoms with Crippen molar-refractivity contribution >= 4 is 0 Å². The smallest absolute Gasteiger partial charge is 0.0987 e. The molecule has 3 atom stereocenters. The summed E-state index contributed by atoms with van der Waals surface area (Å²) < 4.78 is 11.6. The Balaban J connectivity index is 2.36. The van der Waals surface area contributed by atoms with Crippen molar-refractivity contribution in [3.05, 3.63) is 0 Å². The average molecular weight is 229 g/mol. The molecule has 1 saturated carbocycles. The van der Waals surface area contributed by atoms with Crippen LogP contribution in [0.3, 0.4) is 0 Å². The molecule has 3 heteroatoms. The molecule has 1 aliphatic carbocycles. The van der Waals surface area contributed by atoms with Crippen molar-refractivity contribution < 1.29 is 9.47 Å². The lowest BCUT2D eigenvalue weighted by atomic mass is 9.84. The molecular formula is C13H27NO2. The van der Waals surface area contributed by atoms with E-state index in [1.807, 2.05) is 0 Å². The molecule has 16 heavy (non-hydrogen) atoms. The topological polar surface area (TPSA) is 30.5 Å². The second kappa shape index (κ2) is 5.99. The standard InChI is InChI=1S/C13H27NO2/c1-6-8-14-10-9-11(12(10)15-5)16-13(3,4)7-2/h10-12,14H,6-9H2,1-5H3. The van der Waals surface area contributed by atoms with Gasteiger partial charge in [0.15, 0.2) is 0 Å². The van der Waals surface area contributed by atoms with Crippen LogP contribution in [-0.4, -0.2) is 37.5 Å². The van der Waals surface area contributed by atoms with Crippen LogP contribution in [0.4, 0.5) is 0 Å². The van der Waals surface area contributed by atoms with Crippen LogP contribution in [0.15, 0.2) is 0 Å². The fourth-order valence-corrected chi connectivity index (χ4v) is 2.04. The first-order valence-electron chi connectivity index (χ1n) is 6.48. The minimum atomic E-state index is -0.0306. The Morgan fingerprint density at radius 3 is 2.50 bits per heavy atom. The summed E-state index contributed by atoms with van der Waals surface area (Å²) in [6, 6.07) is 0.475. The number of ether oxygens (including phenoxy) is 2. The molecule has 0 amide bonds. The van der Waals surface area contributed by atoms with Gasteiger partial charge in [0.05, 0.1) is 17.8 Å². The predicted molar refractivity (Wildman–Crippen MR) is 66.7 cm³/mol. The van der Waals surface area contributed by atoms with E-state index in [1.165, 1.54) is 6.42 Å². The first kappa shape index (κ1) is 13.9. The van der Waals surface area contributed by atoms with E-state index < -0.39 is 0 Å². The molecule has 96 valence electrons. The molecule has 3 nitrogen and oxygen atoms in total. The molecule has 0 aromatic carbocycles. The van der Waals surface area contributed by atoms with Gasteiger partial charge in [0, 0.05) is 13.2 Å². The first-order valence-corrected chi connectivity index (χ1v) is 6.48. The predicted octanol–water partition coefficient (Wildman–Crippen LogP) is 2.35. The summed E-state index contributed by atoms with van der Waals surface area (Å²) in [5, 5.41) is 3.50. The van der Waals surface area contributed by atoms with Crippen LogP contribution < -0.4 is 5.32 Å². The molecule has 0 aliphatic heterocycles. The van der Waals surface area contributed by atoms with Crippen molar-refractivity contribution in [2.75, 3.05) is 13.7 Å². The minimum absolute atomic E-state index is 0.0306. The average Bonchev–Trinajstić information content (AvgIpc) is 2.23. The van der Waals surface area contributed by atoms with Crippen molar-refractivity contribution in [3.63, 3.8) is 0 Å². The molecule has 0 saturated heterocycles. The molecule has 1 fully saturated rings. The minimum Gasteiger partial charge on any atom is -0.377 e. The van der Waals surface area contributed by atoms with E-state index in [9.17, 15) is 0 Å². The fraction of sp³-hybridized carbons (Fsp3) is 1.00. The van der Waals surface area contributed by atoms with Crippen molar-refractivity contribution in [1.29, 1.82) is 0 Å². The van der Waals surface area contributed by atoms with E-state index in [0.29, 0.717) is 6.04 Å². The molecular weight excluding hydrogens is 202 g/mol. The zero-order valence-corrected chi connectivity index (χ0v) is 11.4. The quantitative estimate of drug-likeness (QED) is 0.727. The van der Waals surface area contributed by atoms with E-state index in [4.69, 9.17) is 9.47 Å². The molecule has 1 N–H and O–H groups in total. The number of rotatable bonds is 7. The van der Waals surface area contributed by atoms with E-state index in [0.717, 1.165) is 19.4 Å². The highest BCUT2D eigenvalue weighted by atomic mass is 16.6. The molecule has 0 radical (unpaired) electrons. The Morgan fingerprint density at radius 2 is 2.00 bits per heavy atom. The maximum absolute atomic E-state index is 6.07. The lowest BCUT2D eigenvalue weighted by Crippen LogP contribution is -2.61. The van der Waals surface area contributed by atoms with Gasteiger partial charge in [0.2, 0.25) is 0 Å². The van der Waals surface area contributed by atoms with Gasteiger partial charge in [-0.2, -0.15) is 0 Å². The van der Waals surface area contributed by atoms with Crippen LogP contribution in [0.2, 0.25) is 0 Å². The van der Waals surface area contributed by atoms with Crippen LogP contribution in [0.25, 0.3) is 0 Å². The van der Waals surface area contributed by atoms with Crippen molar-refractivity contribution in [2.24, 2.45) is 0 Å². The van der Waals surface area contributed by atoms with Crippen LogP contribution in [0.1, 0.15) is 47.0 Å². The molecule has 3 unspecified atom stereocenters. The lowest BCUT2D eigenvalue weighted by Gasteiger charge is -2.46. The Morgan fingerprint density at radius 1 is 1.31 bits per heavy atom. The molecule has 1 aliphatic rings. The van der Waals surface area contributed by atoms with Gasteiger partial charge >= 0.3 is 0 Å². The number of hydrogen-bond donors (Lipinski definition) is 1.